The number of halogens is 2. The molecule has 0 unspecified atom stereocenters. The van der Waals surface area contributed by atoms with E-state index in [0.29, 0.717) is 5.56 Å². The molecule has 104 valence electrons. The molecule has 1 amide bonds. The molecule has 0 saturated carbocycles. The van der Waals surface area contributed by atoms with Gasteiger partial charge in [-0.1, -0.05) is 52.3 Å². The molecule has 21 heavy (non-hydrogen) atoms. The van der Waals surface area contributed by atoms with Gasteiger partial charge in [-0.2, -0.15) is 0 Å². The minimum atomic E-state index is -0.1000. The molecule has 0 radical (unpaired) electrons. The summed E-state index contributed by atoms with van der Waals surface area (Å²) in [5.41, 5.74) is 1.49. The molecule has 0 atom stereocenters. The molecular weight excluding hydrogens is 441 g/mol. The van der Waals surface area contributed by atoms with Gasteiger partial charge in [0.2, 0.25) is 0 Å². The lowest BCUT2D eigenvalue weighted by atomic mass is 10.1. The van der Waals surface area contributed by atoms with Crippen LogP contribution in [0.15, 0.2) is 65.1 Å². The first-order valence-electron chi connectivity index (χ1n) is 6.39. The summed E-state index contributed by atoms with van der Waals surface area (Å²) < 4.78 is 1.82. The van der Waals surface area contributed by atoms with E-state index in [4.69, 9.17) is 0 Å². The fourth-order valence-electron chi connectivity index (χ4n) is 2.20. The maximum Gasteiger partial charge on any atom is 0.256 e. The third kappa shape index (κ3) is 3.11. The monoisotopic (exact) mass is 451 g/mol. The van der Waals surface area contributed by atoms with Crippen LogP contribution in [0.3, 0.4) is 0 Å². The van der Waals surface area contributed by atoms with E-state index in [1.807, 2.05) is 60.7 Å². The van der Waals surface area contributed by atoms with Crippen molar-refractivity contribution < 1.29 is 4.79 Å². The Morgan fingerprint density at radius 2 is 1.76 bits per heavy atom. The fraction of sp³-hybridized carbons (Fsp3) is 0. The molecule has 0 heterocycles. The van der Waals surface area contributed by atoms with Crippen LogP contribution in [-0.4, -0.2) is 5.91 Å². The van der Waals surface area contributed by atoms with E-state index >= 15 is 0 Å². The van der Waals surface area contributed by atoms with E-state index < -0.39 is 0 Å². The van der Waals surface area contributed by atoms with E-state index in [1.54, 1.807) is 0 Å². The van der Waals surface area contributed by atoms with E-state index in [1.165, 1.54) is 0 Å². The van der Waals surface area contributed by atoms with Gasteiger partial charge in [0.1, 0.15) is 0 Å². The Hall–Kier alpha value is -1.40. The summed E-state index contributed by atoms with van der Waals surface area (Å²) in [4.78, 5) is 12.5. The summed E-state index contributed by atoms with van der Waals surface area (Å²) >= 11 is 5.58. The maximum atomic E-state index is 12.5. The zero-order valence-electron chi connectivity index (χ0n) is 10.9. The third-order valence-electron chi connectivity index (χ3n) is 3.21. The van der Waals surface area contributed by atoms with Crippen molar-refractivity contribution in [3.05, 3.63) is 74.3 Å². The minimum Gasteiger partial charge on any atom is -0.321 e. The summed E-state index contributed by atoms with van der Waals surface area (Å²) in [7, 11) is 0. The third-order valence-corrected chi connectivity index (χ3v) is 4.64. The molecule has 1 N–H and O–H groups in total. The summed E-state index contributed by atoms with van der Waals surface area (Å²) in [5.74, 6) is -0.1000. The van der Waals surface area contributed by atoms with Crippen LogP contribution in [0.25, 0.3) is 10.8 Å². The first kappa shape index (κ1) is 14.5. The second-order valence-electron chi connectivity index (χ2n) is 4.61. The summed E-state index contributed by atoms with van der Waals surface area (Å²) in [6.45, 7) is 0. The van der Waals surface area contributed by atoms with Gasteiger partial charge in [-0.05, 0) is 52.2 Å². The molecule has 0 fully saturated rings. The average Bonchev–Trinajstić information content (AvgIpc) is 2.50. The average molecular weight is 452 g/mol. The van der Waals surface area contributed by atoms with E-state index in [-0.39, 0.29) is 5.91 Å². The normalized spacial score (nSPS) is 10.6. The minimum absolute atomic E-state index is 0.1000. The Morgan fingerprint density at radius 1 is 1.00 bits per heavy atom. The Kier molecular flexibility index (Phi) is 4.26. The second-order valence-corrected chi connectivity index (χ2v) is 6.68. The summed E-state index contributed by atoms with van der Waals surface area (Å²) in [6, 6.07) is 19.6. The molecule has 3 aromatic rings. The van der Waals surface area contributed by atoms with Crippen LogP contribution in [0.1, 0.15) is 10.4 Å². The highest BCUT2D eigenvalue weighted by Crippen LogP contribution is 2.25. The Bertz CT molecular complexity index is 827. The lowest BCUT2D eigenvalue weighted by molar-refractivity contribution is 0.102. The van der Waals surface area contributed by atoms with E-state index in [9.17, 15) is 4.79 Å². The number of hydrogen-bond donors (Lipinski definition) is 1. The molecule has 0 saturated heterocycles. The van der Waals surface area contributed by atoms with Gasteiger partial charge in [0.15, 0.2) is 0 Å². The van der Waals surface area contributed by atoms with Crippen LogP contribution in [-0.2, 0) is 0 Å². The van der Waals surface area contributed by atoms with Gasteiger partial charge >= 0.3 is 0 Å². The first-order valence-corrected chi connectivity index (χ1v) is 8.26. The van der Waals surface area contributed by atoms with Crippen LogP contribution < -0.4 is 5.32 Å². The number of anilines is 1. The molecule has 4 heteroatoms. The Morgan fingerprint density at radius 3 is 2.62 bits per heavy atom. The number of hydrogen-bond acceptors (Lipinski definition) is 1. The number of fused-ring (bicyclic) bond motifs is 1. The van der Waals surface area contributed by atoms with Gasteiger partial charge < -0.3 is 5.32 Å². The van der Waals surface area contributed by atoms with Gasteiger partial charge in [0, 0.05) is 19.1 Å². The zero-order valence-corrected chi connectivity index (χ0v) is 14.7. The highest BCUT2D eigenvalue weighted by atomic mass is 127. The smallest absolute Gasteiger partial charge is 0.256 e. The fourth-order valence-corrected chi connectivity index (χ4v) is 3.14. The van der Waals surface area contributed by atoms with E-state index in [2.05, 4.69) is 43.8 Å². The van der Waals surface area contributed by atoms with Crippen molar-refractivity contribution in [1.29, 1.82) is 0 Å². The number of carbonyl (C=O) groups excluding carboxylic acids is 1. The van der Waals surface area contributed by atoms with Crippen LogP contribution in [0.2, 0.25) is 0 Å². The van der Waals surface area contributed by atoms with Gasteiger partial charge in [0.25, 0.3) is 5.91 Å². The lowest BCUT2D eigenvalue weighted by Crippen LogP contribution is -2.13. The van der Waals surface area contributed by atoms with Crippen molar-refractivity contribution in [1.82, 2.24) is 0 Å². The van der Waals surface area contributed by atoms with Gasteiger partial charge in [-0.3, -0.25) is 4.79 Å². The number of benzene rings is 3. The predicted molar refractivity (Wildman–Crippen MR) is 98.8 cm³/mol. The van der Waals surface area contributed by atoms with Gasteiger partial charge in [-0.25, -0.2) is 0 Å². The van der Waals surface area contributed by atoms with Crippen molar-refractivity contribution in [3.8, 4) is 0 Å². The van der Waals surface area contributed by atoms with Crippen LogP contribution in [0.4, 0.5) is 5.69 Å². The number of amides is 1. The predicted octanol–water partition coefficient (Wildman–Crippen LogP) is 5.46. The van der Waals surface area contributed by atoms with Crippen LogP contribution >= 0.6 is 38.5 Å². The zero-order chi connectivity index (χ0) is 14.8. The van der Waals surface area contributed by atoms with Crippen molar-refractivity contribution in [3.63, 3.8) is 0 Å². The topological polar surface area (TPSA) is 29.1 Å². The van der Waals surface area contributed by atoms with Crippen molar-refractivity contribution in [2.24, 2.45) is 0 Å². The second kappa shape index (κ2) is 6.15. The standard InChI is InChI=1S/C17H11BrINO/c18-12-8-9-15(19)14(10-12)17(21)20-16-7-3-5-11-4-1-2-6-13(11)16/h1-10H,(H,20,21). The number of carbonyl (C=O) groups is 1. The lowest BCUT2D eigenvalue weighted by Gasteiger charge is -2.10. The molecule has 0 aliphatic rings. The van der Waals surface area contributed by atoms with Crippen molar-refractivity contribution in [2.75, 3.05) is 5.32 Å². The number of rotatable bonds is 2. The molecule has 0 aromatic heterocycles. The summed E-state index contributed by atoms with van der Waals surface area (Å²) in [6.07, 6.45) is 0. The maximum absolute atomic E-state index is 12.5. The summed E-state index contributed by atoms with van der Waals surface area (Å²) in [5, 5.41) is 5.16. The highest BCUT2D eigenvalue weighted by molar-refractivity contribution is 14.1. The first-order chi connectivity index (χ1) is 10.1. The van der Waals surface area contributed by atoms with Gasteiger partial charge in [0.05, 0.1) is 5.56 Å². The molecule has 0 bridgehead atoms. The number of nitrogens with one attached hydrogen (secondary N) is 1. The Balaban J connectivity index is 1.99. The largest absolute Gasteiger partial charge is 0.321 e. The molecule has 3 rings (SSSR count). The van der Waals surface area contributed by atoms with E-state index in [0.717, 1.165) is 24.5 Å². The van der Waals surface area contributed by atoms with Crippen LogP contribution in [0.5, 0.6) is 0 Å². The molecule has 0 aliphatic carbocycles. The molecule has 0 spiro atoms. The SMILES string of the molecule is O=C(Nc1cccc2ccccc12)c1cc(Br)ccc1I. The van der Waals surface area contributed by atoms with Crippen LogP contribution in [0, 0.1) is 3.57 Å². The molecule has 0 aliphatic heterocycles. The molecule has 3 aromatic carbocycles. The molecule has 2 nitrogen and oxygen atoms in total. The van der Waals surface area contributed by atoms with Crippen molar-refractivity contribution in [2.45, 2.75) is 0 Å². The van der Waals surface area contributed by atoms with Crippen molar-refractivity contribution >= 4 is 60.9 Å². The highest BCUT2D eigenvalue weighted by Gasteiger charge is 2.12. The Labute approximate surface area is 144 Å². The van der Waals surface area contributed by atoms with Gasteiger partial charge in [-0.15, -0.1) is 0 Å². The quantitative estimate of drug-likeness (QED) is 0.515. The molecular formula is C17H11BrINO.